The molecule has 0 spiro atoms. The van der Waals surface area contributed by atoms with Gasteiger partial charge in [0.05, 0.1) is 6.42 Å². The zero-order chi connectivity index (χ0) is 15.1. The van der Waals surface area contributed by atoms with E-state index in [2.05, 4.69) is 6.92 Å². The number of nitrogens with zero attached hydrogens (tertiary/aromatic N) is 1. The summed E-state index contributed by atoms with van der Waals surface area (Å²) in [7, 11) is 0. The van der Waals surface area contributed by atoms with Crippen molar-refractivity contribution in [1.29, 1.82) is 0 Å². The van der Waals surface area contributed by atoms with Crippen LogP contribution in [-0.2, 0) is 17.8 Å². The molecule has 0 unspecified atom stereocenters. The van der Waals surface area contributed by atoms with Crippen molar-refractivity contribution in [2.75, 3.05) is 12.3 Å². The minimum absolute atomic E-state index is 0.158. The lowest BCUT2D eigenvalue weighted by atomic mass is 10.1. The standard InChI is InChI=1S/C18H22N2O/c1-2-11-20(14-16-9-6-10-17(19)12-16)18(21)13-15-7-4-3-5-8-15/h3-10,12H,2,11,13-14,19H2,1H3. The van der Waals surface area contributed by atoms with Gasteiger partial charge in [-0.15, -0.1) is 0 Å². The number of hydrogen-bond donors (Lipinski definition) is 1. The molecule has 0 aliphatic rings. The van der Waals surface area contributed by atoms with Crippen molar-refractivity contribution >= 4 is 11.6 Å². The molecule has 21 heavy (non-hydrogen) atoms. The Bertz CT molecular complexity index is 581. The van der Waals surface area contributed by atoms with Gasteiger partial charge < -0.3 is 10.6 Å². The summed E-state index contributed by atoms with van der Waals surface area (Å²) in [6, 6.07) is 17.6. The first-order valence-electron chi connectivity index (χ1n) is 7.35. The minimum Gasteiger partial charge on any atom is -0.399 e. The zero-order valence-corrected chi connectivity index (χ0v) is 12.5. The van der Waals surface area contributed by atoms with Crippen molar-refractivity contribution in [2.45, 2.75) is 26.3 Å². The van der Waals surface area contributed by atoms with E-state index in [0.29, 0.717) is 13.0 Å². The van der Waals surface area contributed by atoms with Crippen LogP contribution < -0.4 is 5.73 Å². The minimum atomic E-state index is 0.158. The summed E-state index contributed by atoms with van der Waals surface area (Å²) in [6.45, 7) is 3.47. The van der Waals surface area contributed by atoms with Crippen LogP contribution >= 0.6 is 0 Å². The second kappa shape index (κ2) is 7.48. The van der Waals surface area contributed by atoms with Crippen LogP contribution in [-0.4, -0.2) is 17.4 Å². The molecule has 110 valence electrons. The second-order valence-electron chi connectivity index (χ2n) is 5.22. The largest absolute Gasteiger partial charge is 0.399 e. The first-order chi connectivity index (χ1) is 10.2. The summed E-state index contributed by atoms with van der Waals surface area (Å²) in [6.07, 6.45) is 1.39. The molecular formula is C18H22N2O. The predicted octanol–water partition coefficient (Wildman–Crippen LogP) is 3.25. The molecule has 3 heteroatoms. The van der Waals surface area contributed by atoms with E-state index in [0.717, 1.165) is 29.8 Å². The molecular weight excluding hydrogens is 260 g/mol. The number of carbonyl (C=O) groups excluding carboxylic acids is 1. The van der Waals surface area contributed by atoms with Crippen LogP contribution in [0.15, 0.2) is 54.6 Å². The number of amides is 1. The van der Waals surface area contributed by atoms with Crippen molar-refractivity contribution in [3.63, 3.8) is 0 Å². The first-order valence-corrected chi connectivity index (χ1v) is 7.35. The molecule has 2 N–H and O–H groups in total. The van der Waals surface area contributed by atoms with Crippen LogP contribution in [0.4, 0.5) is 5.69 Å². The molecule has 0 bridgehead atoms. The number of nitrogen functional groups attached to an aromatic ring is 1. The molecule has 2 aromatic carbocycles. The molecule has 0 aliphatic heterocycles. The maximum atomic E-state index is 12.5. The third-order valence-electron chi connectivity index (χ3n) is 3.37. The summed E-state index contributed by atoms with van der Waals surface area (Å²) >= 11 is 0. The average molecular weight is 282 g/mol. The van der Waals surface area contributed by atoms with Crippen molar-refractivity contribution in [1.82, 2.24) is 4.90 Å². The molecule has 1 amide bonds. The van der Waals surface area contributed by atoms with Gasteiger partial charge in [0.1, 0.15) is 0 Å². The number of benzene rings is 2. The molecule has 0 radical (unpaired) electrons. The molecule has 3 nitrogen and oxygen atoms in total. The normalized spacial score (nSPS) is 10.3. The highest BCUT2D eigenvalue weighted by molar-refractivity contribution is 5.78. The van der Waals surface area contributed by atoms with E-state index < -0.39 is 0 Å². The summed E-state index contributed by atoms with van der Waals surface area (Å²) in [4.78, 5) is 14.4. The molecule has 0 fully saturated rings. The smallest absolute Gasteiger partial charge is 0.227 e. The van der Waals surface area contributed by atoms with E-state index in [9.17, 15) is 4.79 Å². The lowest BCUT2D eigenvalue weighted by molar-refractivity contribution is -0.131. The van der Waals surface area contributed by atoms with Gasteiger partial charge in [0.25, 0.3) is 0 Å². The monoisotopic (exact) mass is 282 g/mol. The van der Waals surface area contributed by atoms with E-state index >= 15 is 0 Å². The first kappa shape index (κ1) is 15.1. The molecule has 0 aliphatic carbocycles. The number of anilines is 1. The van der Waals surface area contributed by atoms with Crippen molar-refractivity contribution in [3.8, 4) is 0 Å². The van der Waals surface area contributed by atoms with Gasteiger partial charge in [0, 0.05) is 18.8 Å². The molecule has 0 saturated heterocycles. The van der Waals surface area contributed by atoms with Crippen LogP contribution in [0.25, 0.3) is 0 Å². The van der Waals surface area contributed by atoms with Crippen LogP contribution in [0.2, 0.25) is 0 Å². The Labute approximate surface area is 126 Å². The predicted molar refractivity (Wildman–Crippen MR) is 86.7 cm³/mol. The van der Waals surface area contributed by atoms with Crippen molar-refractivity contribution < 1.29 is 4.79 Å². The van der Waals surface area contributed by atoms with Gasteiger partial charge in [-0.3, -0.25) is 4.79 Å². The number of rotatable bonds is 6. The second-order valence-corrected chi connectivity index (χ2v) is 5.22. The van der Waals surface area contributed by atoms with Gasteiger partial charge in [-0.2, -0.15) is 0 Å². The zero-order valence-electron chi connectivity index (χ0n) is 12.5. The summed E-state index contributed by atoms with van der Waals surface area (Å²) < 4.78 is 0. The van der Waals surface area contributed by atoms with Crippen molar-refractivity contribution in [3.05, 3.63) is 65.7 Å². The highest BCUT2D eigenvalue weighted by Gasteiger charge is 2.13. The van der Waals surface area contributed by atoms with E-state index in [4.69, 9.17) is 5.73 Å². The lowest BCUT2D eigenvalue weighted by Crippen LogP contribution is -2.32. The maximum absolute atomic E-state index is 12.5. The quantitative estimate of drug-likeness (QED) is 0.827. The van der Waals surface area contributed by atoms with E-state index in [1.165, 1.54) is 0 Å². The molecule has 0 aromatic heterocycles. The third kappa shape index (κ3) is 4.63. The highest BCUT2D eigenvalue weighted by Crippen LogP contribution is 2.12. The highest BCUT2D eigenvalue weighted by atomic mass is 16.2. The molecule has 0 saturated carbocycles. The molecule has 2 rings (SSSR count). The van der Waals surface area contributed by atoms with Crippen LogP contribution in [0, 0.1) is 0 Å². The van der Waals surface area contributed by atoms with Crippen LogP contribution in [0.1, 0.15) is 24.5 Å². The van der Waals surface area contributed by atoms with Crippen LogP contribution in [0.3, 0.4) is 0 Å². The lowest BCUT2D eigenvalue weighted by Gasteiger charge is -2.22. The number of nitrogens with two attached hydrogens (primary N) is 1. The van der Waals surface area contributed by atoms with E-state index in [1.807, 2.05) is 59.5 Å². The Morgan fingerprint density at radius 2 is 1.76 bits per heavy atom. The number of carbonyl (C=O) groups is 1. The Hall–Kier alpha value is -2.29. The average Bonchev–Trinajstić information content (AvgIpc) is 2.48. The summed E-state index contributed by atoms with van der Waals surface area (Å²) in [5.74, 6) is 0.158. The topological polar surface area (TPSA) is 46.3 Å². The van der Waals surface area contributed by atoms with Crippen molar-refractivity contribution in [2.24, 2.45) is 0 Å². The van der Waals surface area contributed by atoms with Gasteiger partial charge in [-0.1, -0.05) is 49.4 Å². The van der Waals surface area contributed by atoms with Gasteiger partial charge in [0.2, 0.25) is 5.91 Å². The SMILES string of the molecule is CCCN(Cc1cccc(N)c1)C(=O)Cc1ccccc1. The third-order valence-corrected chi connectivity index (χ3v) is 3.37. The van der Waals surface area contributed by atoms with Crippen LogP contribution in [0.5, 0.6) is 0 Å². The Balaban J connectivity index is 2.05. The summed E-state index contributed by atoms with van der Waals surface area (Å²) in [5.41, 5.74) is 8.67. The van der Waals surface area contributed by atoms with E-state index in [-0.39, 0.29) is 5.91 Å². The fraction of sp³-hybridized carbons (Fsp3) is 0.278. The number of hydrogen-bond acceptors (Lipinski definition) is 2. The van der Waals surface area contributed by atoms with Gasteiger partial charge >= 0.3 is 0 Å². The fourth-order valence-corrected chi connectivity index (χ4v) is 2.36. The Morgan fingerprint density at radius 3 is 2.43 bits per heavy atom. The fourth-order valence-electron chi connectivity index (χ4n) is 2.36. The Kier molecular flexibility index (Phi) is 5.38. The van der Waals surface area contributed by atoms with E-state index in [1.54, 1.807) is 0 Å². The van der Waals surface area contributed by atoms with Gasteiger partial charge in [0.15, 0.2) is 0 Å². The maximum Gasteiger partial charge on any atom is 0.227 e. The summed E-state index contributed by atoms with van der Waals surface area (Å²) in [5, 5.41) is 0. The molecule has 0 heterocycles. The van der Waals surface area contributed by atoms with Gasteiger partial charge in [-0.05, 0) is 29.7 Å². The Morgan fingerprint density at radius 1 is 1.05 bits per heavy atom. The van der Waals surface area contributed by atoms with Gasteiger partial charge in [-0.25, -0.2) is 0 Å². The molecule has 0 atom stereocenters. The molecule has 2 aromatic rings.